The van der Waals surface area contributed by atoms with Crippen LogP contribution in [0.2, 0.25) is 0 Å². The first-order valence-electron chi connectivity index (χ1n) is 8.20. The van der Waals surface area contributed by atoms with Crippen LogP contribution in [0.25, 0.3) is 0 Å². The number of nitrogens with one attached hydrogen (secondary N) is 1. The molecule has 2 aromatic rings. The standard InChI is InChI=1S/C18H25N3/c1-3-16(4-2)21-12-10-15(20-21)13-14-7-5-9-18-17(14)8-6-11-19-18/h5,7,9-10,12,16,19H,3-4,6,8,11,13H2,1-2H3. The van der Waals surface area contributed by atoms with Crippen molar-refractivity contribution < 1.29 is 0 Å². The van der Waals surface area contributed by atoms with Gasteiger partial charge in [-0.3, -0.25) is 4.68 Å². The Balaban J connectivity index is 1.81. The van der Waals surface area contributed by atoms with Gasteiger partial charge in [-0.25, -0.2) is 0 Å². The Labute approximate surface area is 127 Å². The van der Waals surface area contributed by atoms with Crippen LogP contribution in [0.4, 0.5) is 5.69 Å². The molecule has 1 aliphatic rings. The zero-order chi connectivity index (χ0) is 14.7. The molecule has 0 amide bonds. The van der Waals surface area contributed by atoms with Crippen molar-refractivity contribution in [2.75, 3.05) is 11.9 Å². The maximum atomic E-state index is 4.79. The molecule has 1 aliphatic heterocycles. The van der Waals surface area contributed by atoms with Gasteiger partial charge in [0.15, 0.2) is 0 Å². The summed E-state index contributed by atoms with van der Waals surface area (Å²) in [5.74, 6) is 0. The van der Waals surface area contributed by atoms with Gasteiger partial charge in [-0.15, -0.1) is 0 Å². The van der Waals surface area contributed by atoms with Gasteiger partial charge in [0.1, 0.15) is 0 Å². The second-order valence-electron chi connectivity index (χ2n) is 5.91. The highest BCUT2D eigenvalue weighted by Crippen LogP contribution is 2.27. The third-order valence-corrected chi connectivity index (χ3v) is 4.54. The van der Waals surface area contributed by atoms with Crippen molar-refractivity contribution >= 4 is 5.69 Å². The number of hydrogen-bond donors (Lipinski definition) is 1. The van der Waals surface area contributed by atoms with Gasteiger partial charge >= 0.3 is 0 Å². The maximum Gasteiger partial charge on any atom is 0.0668 e. The van der Waals surface area contributed by atoms with E-state index in [2.05, 4.69) is 54.3 Å². The van der Waals surface area contributed by atoms with Crippen LogP contribution < -0.4 is 5.32 Å². The maximum absolute atomic E-state index is 4.79. The van der Waals surface area contributed by atoms with E-state index in [0.717, 1.165) is 25.8 Å². The van der Waals surface area contributed by atoms with E-state index < -0.39 is 0 Å². The molecule has 0 radical (unpaired) electrons. The van der Waals surface area contributed by atoms with Crippen LogP contribution in [0.3, 0.4) is 0 Å². The first-order chi connectivity index (χ1) is 10.3. The lowest BCUT2D eigenvalue weighted by Crippen LogP contribution is -2.13. The van der Waals surface area contributed by atoms with E-state index in [-0.39, 0.29) is 0 Å². The van der Waals surface area contributed by atoms with Crippen LogP contribution in [-0.4, -0.2) is 16.3 Å². The fraction of sp³-hybridized carbons (Fsp3) is 0.500. The van der Waals surface area contributed by atoms with E-state index >= 15 is 0 Å². The van der Waals surface area contributed by atoms with Gasteiger partial charge in [-0.1, -0.05) is 26.0 Å². The fourth-order valence-corrected chi connectivity index (χ4v) is 3.28. The number of nitrogens with zero attached hydrogens (tertiary/aromatic N) is 2. The first-order valence-corrected chi connectivity index (χ1v) is 8.20. The summed E-state index contributed by atoms with van der Waals surface area (Å²) in [5, 5.41) is 8.30. The molecule has 2 heterocycles. The van der Waals surface area contributed by atoms with Crippen LogP contribution in [0.5, 0.6) is 0 Å². The number of aromatic nitrogens is 2. The molecule has 3 heteroatoms. The normalized spacial score (nSPS) is 14.0. The average molecular weight is 283 g/mol. The summed E-state index contributed by atoms with van der Waals surface area (Å²) >= 11 is 0. The van der Waals surface area contributed by atoms with E-state index in [1.165, 1.54) is 35.3 Å². The summed E-state index contributed by atoms with van der Waals surface area (Å²) in [7, 11) is 0. The Bertz CT molecular complexity index is 596. The minimum Gasteiger partial charge on any atom is -0.385 e. The van der Waals surface area contributed by atoms with Gasteiger partial charge in [0, 0.05) is 24.8 Å². The monoisotopic (exact) mass is 283 g/mol. The Hall–Kier alpha value is -1.77. The predicted octanol–water partition coefficient (Wildman–Crippen LogP) is 4.19. The third-order valence-electron chi connectivity index (χ3n) is 4.54. The zero-order valence-corrected chi connectivity index (χ0v) is 13.1. The molecule has 0 unspecified atom stereocenters. The van der Waals surface area contributed by atoms with Crippen molar-refractivity contribution in [3.63, 3.8) is 0 Å². The highest BCUT2D eigenvalue weighted by molar-refractivity contribution is 5.56. The molecule has 0 spiro atoms. The van der Waals surface area contributed by atoms with E-state index in [1.54, 1.807) is 0 Å². The average Bonchev–Trinajstić information content (AvgIpc) is 2.97. The SMILES string of the molecule is CCC(CC)n1ccc(Cc2cccc3c2CCCN3)n1. The molecular formula is C18H25N3. The molecule has 1 N–H and O–H groups in total. The van der Waals surface area contributed by atoms with Crippen molar-refractivity contribution in [2.45, 2.75) is 52.0 Å². The molecule has 21 heavy (non-hydrogen) atoms. The predicted molar refractivity (Wildman–Crippen MR) is 87.9 cm³/mol. The Morgan fingerprint density at radius 2 is 2.10 bits per heavy atom. The highest BCUT2D eigenvalue weighted by Gasteiger charge is 2.14. The number of hydrogen-bond acceptors (Lipinski definition) is 2. The van der Waals surface area contributed by atoms with E-state index in [1.807, 2.05) is 0 Å². The number of anilines is 1. The molecule has 0 aliphatic carbocycles. The second-order valence-corrected chi connectivity index (χ2v) is 5.91. The van der Waals surface area contributed by atoms with Crippen molar-refractivity contribution in [3.8, 4) is 0 Å². The minimum atomic E-state index is 0.533. The van der Waals surface area contributed by atoms with Gasteiger partial charge in [0.25, 0.3) is 0 Å². The molecule has 0 atom stereocenters. The summed E-state index contributed by atoms with van der Waals surface area (Å²) in [6.45, 7) is 5.56. The van der Waals surface area contributed by atoms with Crippen molar-refractivity contribution in [2.24, 2.45) is 0 Å². The molecule has 3 rings (SSSR count). The van der Waals surface area contributed by atoms with Crippen LogP contribution >= 0.6 is 0 Å². The molecule has 1 aromatic heterocycles. The third kappa shape index (κ3) is 2.97. The Morgan fingerprint density at radius 3 is 2.90 bits per heavy atom. The first kappa shape index (κ1) is 14.2. The zero-order valence-electron chi connectivity index (χ0n) is 13.1. The smallest absolute Gasteiger partial charge is 0.0668 e. The molecule has 0 fully saturated rings. The van der Waals surface area contributed by atoms with Crippen molar-refractivity contribution in [3.05, 3.63) is 47.3 Å². The topological polar surface area (TPSA) is 29.9 Å². The summed E-state index contributed by atoms with van der Waals surface area (Å²) in [6.07, 6.45) is 7.78. The molecular weight excluding hydrogens is 258 g/mol. The molecule has 0 bridgehead atoms. The lowest BCUT2D eigenvalue weighted by Gasteiger charge is -2.20. The van der Waals surface area contributed by atoms with E-state index in [9.17, 15) is 0 Å². The van der Waals surface area contributed by atoms with Gasteiger partial charge in [-0.2, -0.15) is 5.10 Å². The number of benzene rings is 1. The molecule has 1 aromatic carbocycles. The lowest BCUT2D eigenvalue weighted by atomic mass is 9.95. The minimum absolute atomic E-state index is 0.533. The van der Waals surface area contributed by atoms with Gasteiger partial charge < -0.3 is 5.32 Å². The quantitative estimate of drug-likeness (QED) is 0.891. The molecule has 0 saturated carbocycles. The molecule has 112 valence electrons. The summed E-state index contributed by atoms with van der Waals surface area (Å²) < 4.78 is 2.14. The lowest BCUT2D eigenvalue weighted by molar-refractivity contribution is 0.426. The van der Waals surface area contributed by atoms with Crippen LogP contribution in [-0.2, 0) is 12.8 Å². The second kappa shape index (κ2) is 6.33. The Kier molecular flexibility index (Phi) is 4.28. The summed E-state index contributed by atoms with van der Waals surface area (Å²) in [5.41, 5.74) is 5.41. The van der Waals surface area contributed by atoms with Crippen LogP contribution in [0.1, 0.15) is 56.0 Å². The fourth-order valence-electron chi connectivity index (χ4n) is 3.28. The highest BCUT2D eigenvalue weighted by atomic mass is 15.3. The molecule has 0 saturated heterocycles. The van der Waals surface area contributed by atoms with Crippen molar-refractivity contribution in [1.82, 2.24) is 9.78 Å². The van der Waals surface area contributed by atoms with Gasteiger partial charge in [-0.05, 0) is 48.9 Å². The molecule has 3 nitrogen and oxygen atoms in total. The van der Waals surface area contributed by atoms with Gasteiger partial charge in [0.05, 0.1) is 11.7 Å². The van der Waals surface area contributed by atoms with Crippen molar-refractivity contribution in [1.29, 1.82) is 0 Å². The largest absolute Gasteiger partial charge is 0.385 e. The van der Waals surface area contributed by atoms with Crippen LogP contribution in [0, 0.1) is 0 Å². The number of rotatable bonds is 5. The van der Waals surface area contributed by atoms with Gasteiger partial charge in [0.2, 0.25) is 0 Å². The van der Waals surface area contributed by atoms with E-state index in [4.69, 9.17) is 5.10 Å². The summed E-state index contributed by atoms with van der Waals surface area (Å²) in [6, 6.07) is 9.31. The summed E-state index contributed by atoms with van der Waals surface area (Å²) in [4.78, 5) is 0. The number of fused-ring (bicyclic) bond motifs is 1. The Morgan fingerprint density at radius 1 is 1.24 bits per heavy atom. The van der Waals surface area contributed by atoms with E-state index in [0.29, 0.717) is 6.04 Å². The van der Waals surface area contributed by atoms with Crippen LogP contribution in [0.15, 0.2) is 30.5 Å².